The van der Waals surface area contributed by atoms with Crippen LogP contribution in [0.1, 0.15) is 28.8 Å². The van der Waals surface area contributed by atoms with E-state index in [2.05, 4.69) is 10.5 Å². The van der Waals surface area contributed by atoms with Crippen LogP contribution in [0.25, 0.3) is 32.6 Å². The summed E-state index contributed by atoms with van der Waals surface area (Å²) in [6, 6.07) is 16.9. The van der Waals surface area contributed by atoms with Gasteiger partial charge in [-0.05, 0) is 45.0 Å². The summed E-state index contributed by atoms with van der Waals surface area (Å²) < 4.78 is 8.54. The number of hydrogen-bond acceptors (Lipinski definition) is 6. The fourth-order valence-electron chi connectivity index (χ4n) is 4.23. The molecule has 2 aromatic carbocycles. The number of aromatic nitrogens is 4. The highest BCUT2D eigenvalue weighted by atomic mass is 32.1. The Bertz CT molecular complexity index is 1660. The Hall–Kier alpha value is -4.24. The van der Waals surface area contributed by atoms with Crippen molar-refractivity contribution in [2.75, 3.05) is 12.0 Å². The molecule has 0 aliphatic rings. The standard InChI is InChI=1S/C27H25N5O3S/c1-5-35-19-10-8-9-18(14-19)26-28-23(15-36-26)22-13-16(2)32(17(22)3)30-25(33)24-20-11-6-7-12-21(20)27(34)31(4)29-24/h6-15H,5H2,1-4H3,(H,30,33). The van der Waals surface area contributed by atoms with Crippen LogP contribution < -0.4 is 15.7 Å². The second kappa shape index (κ2) is 9.43. The molecule has 0 aliphatic carbocycles. The van der Waals surface area contributed by atoms with Gasteiger partial charge >= 0.3 is 0 Å². The molecule has 0 unspecified atom stereocenters. The van der Waals surface area contributed by atoms with Crippen molar-refractivity contribution < 1.29 is 9.53 Å². The average Bonchev–Trinajstić information content (AvgIpc) is 3.47. The van der Waals surface area contributed by atoms with Gasteiger partial charge in [0.15, 0.2) is 5.69 Å². The second-order valence-electron chi connectivity index (χ2n) is 8.38. The van der Waals surface area contributed by atoms with Gasteiger partial charge in [-0.25, -0.2) is 9.67 Å². The van der Waals surface area contributed by atoms with Crippen molar-refractivity contribution in [1.29, 1.82) is 0 Å². The van der Waals surface area contributed by atoms with Crippen molar-refractivity contribution in [1.82, 2.24) is 19.4 Å². The number of thiazole rings is 1. The first-order valence-corrected chi connectivity index (χ1v) is 12.4. The molecule has 5 aromatic rings. The summed E-state index contributed by atoms with van der Waals surface area (Å²) in [6.07, 6.45) is 0. The van der Waals surface area contributed by atoms with Gasteiger partial charge in [0.2, 0.25) is 0 Å². The molecule has 0 fully saturated rings. The number of rotatable bonds is 6. The number of carbonyl (C=O) groups is 1. The zero-order valence-corrected chi connectivity index (χ0v) is 21.2. The summed E-state index contributed by atoms with van der Waals surface area (Å²) >= 11 is 1.56. The van der Waals surface area contributed by atoms with E-state index in [4.69, 9.17) is 9.72 Å². The molecule has 0 aliphatic heterocycles. The summed E-state index contributed by atoms with van der Waals surface area (Å²) in [5, 5.41) is 8.10. The smallest absolute Gasteiger partial charge is 0.291 e. The molecule has 0 atom stereocenters. The Kier molecular flexibility index (Phi) is 6.15. The molecule has 9 heteroatoms. The topological polar surface area (TPSA) is 91.0 Å². The summed E-state index contributed by atoms with van der Waals surface area (Å²) in [5.41, 5.74) is 7.32. The van der Waals surface area contributed by atoms with Crippen molar-refractivity contribution >= 4 is 28.0 Å². The molecule has 5 rings (SSSR count). The number of aryl methyl sites for hydroxylation is 2. The lowest BCUT2D eigenvalue weighted by Gasteiger charge is -2.13. The lowest BCUT2D eigenvalue weighted by atomic mass is 10.1. The molecule has 0 saturated heterocycles. The number of carbonyl (C=O) groups excluding carboxylic acids is 1. The fourth-order valence-corrected chi connectivity index (χ4v) is 5.05. The molecular weight excluding hydrogens is 474 g/mol. The number of nitrogens with zero attached hydrogens (tertiary/aromatic N) is 4. The van der Waals surface area contributed by atoms with E-state index in [1.807, 2.05) is 56.5 Å². The molecule has 1 N–H and O–H groups in total. The van der Waals surface area contributed by atoms with E-state index in [0.717, 1.165) is 39.0 Å². The maximum Gasteiger partial charge on any atom is 0.291 e. The number of nitrogens with one attached hydrogen (secondary N) is 1. The first-order chi connectivity index (χ1) is 17.4. The van der Waals surface area contributed by atoms with Crippen LogP contribution in [0.15, 0.2) is 64.8 Å². The Morgan fingerprint density at radius 1 is 1.08 bits per heavy atom. The molecule has 36 heavy (non-hydrogen) atoms. The van der Waals surface area contributed by atoms with E-state index in [1.165, 1.54) is 4.68 Å². The third-order valence-electron chi connectivity index (χ3n) is 5.99. The lowest BCUT2D eigenvalue weighted by molar-refractivity contribution is 0.100. The van der Waals surface area contributed by atoms with Gasteiger partial charge in [-0.3, -0.25) is 19.7 Å². The van der Waals surface area contributed by atoms with E-state index in [0.29, 0.717) is 17.4 Å². The van der Waals surface area contributed by atoms with E-state index >= 15 is 0 Å². The quantitative estimate of drug-likeness (QED) is 0.358. The highest BCUT2D eigenvalue weighted by Crippen LogP contribution is 2.33. The lowest BCUT2D eigenvalue weighted by Crippen LogP contribution is -2.29. The van der Waals surface area contributed by atoms with Crippen LogP contribution in [0, 0.1) is 13.8 Å². The first kappa shape index (κ1) is 23.5. The third kappa shape index (κ3) is 4.18. The molecule has 3 heterocycles. The van der Waals surface area contributed by atoms with Gasteiger partial charge in [-0.2, -0.15) is 5.10 Å². The molecular formula is C27H25N5O3S. The summed E-state index contributed by atoms with van der Waals surface area (Å²) in [4.78, 5) is 30.6. The van der Waals surface area contributed by atoms with Gasteiger partial charge in [-0.1, -0.05) is 30.3 Å². The monoisotopic (exact) mass is 499 g/mol. The Morgan fingerprint density at radius 2 is 1.86 bits per heavy atom. The summed E-state index contributed by atoms with van der Waals surface area (Å²) in [7, 11) is 1.54. The van der Waals surface area contributed by atoms with Gasteiger partial charge in [0.1, 0.15) is 10.8 Å². The summed E-state index contributed by atoms with van der Waals surface area (Å²) in [6.45, 7) is 6.42. The molecule has 0 radical (unpaired) electrons. The van der Waals surface area contributed by atoms with Gasteiger partial charge in [-0.15, -0.1) is 11.3 Å². The number of ether oxygens (including phenoxy) is 1. The fraction of sp³-hybridized carbons (Fsp3) is 0.185. The molecule has 0 saturated carbocycles. The second-order valence-corrected chi connectivity index (χ2v) is 9.24. The highest BCUT2D eigenvalue weighted by molar-refractivity contribution is 7.13. The van der Waals surface area contributed by atoms with Crippen LogP contribution in [-0.4, -0.2) is 32.0 Å². The summed E-state index contributed by atoms with van der Waals surface area (Å²) in [5.74, 6) is 0.411. The first-order valence-electron chi connectivity index (χ1n) is 11.5. The van der Waals surface area contributed by atoms with Crippen molar-refractivity contribution in [2.24, 2.45) is 7.05 Å². The normalized spacial score (nSPS) is 11.1. The molecule has 3 aromatic heterocycles. The molecule has 8 nitrogen and oxygen atoms in total. The number of hydrogen-bond donors (Lipinski definition) is 1. The van der Waals surface area contributed by atoms with Crippen LogP contribution in [0.3, 0.4) is 0 Å². The van der Waals surface area contributed by atoms with Gasteiger partial charge in [0.25, 0.3) is 11.5 Å². The number of benzene rings is 2. The SMILES string of the molecule is CCOc1cccc(-c2nc(-c3cc(C)n(NC(=O)c4nn(C)c(=O)c5ccccc45)c3C)cs2)c1. The average molecular weight is 500 g/mol. The Balaban J connectivity index is 1.47. The minimum atomic E-state index is -0.401. The molecule has 0 bridgehead atoms. The minimum Gasteiger partial charge on any atom is -0.494 e. The molecule has 182 valence electrons. The van der Waals surface area contributed by atoms with Crippen molar-refractivity contribution in [3.8, 4) is 27.6 Å². The zero-order chi connectivity index (χ0) is 25.4. The van der Waals surface area contributed by atoms with E-state index < -0.39 is 5.91 Å². The predicted molar refractivity (Wildman–Crippen MR) is 142 cm³/mol. The Labute approximate surface area is 211 Å². The molecule has 1 amide bonds. The van der Waals surface area contributed by atoms with Crippen LogP contribution in [-0.2, 0) is 7.05 Å². The predicted octanol–water partition coefficient (Wildman–Crippen LogP) is 4.92. The van der Waals surface area contributed by atoms with E-state index in [9.17, 15) is 9.59 Å². The van der Waals surface area contributed by atoms with Gasteiger partial charge < -0.3 is 4.74 Å². The maximum absolute atomic E-state index is 13.3. The van der Waals surface area contributed by atoms with E-state index in [1.54, 1.807) is 47.3 Å². The molecule has 0 spiro atoms. The maximum atomic E-state index is 13.3. The minimum absolute atomic E-state index is 0.187. The highest BCUT2D eigenvalue weighted by Gasteiger charge is 2.20. The van der Waals surface area contributed by atoms with Gasteiger partial charge in [0, 0.05) is 40.3 Å². The van der Waals surface area contributed by atoms with Crippen molar-refractivity contribution in [3.63, 3.8) is 0 Å². The number of amides is 1. The van der Waals surface area contributed by atoms with Crippen LogP contribution in [0.4, 0.5) is 0 Å². The van der Waals surface area contributed by atoms with Gasteiger partial charge in [0.05, 0.1) is 17.7 Å². The van der Waals surface area contributed by atoms with Crippen LogP contribution >= 0.6 is 11.3 Å². The zero-order valence-electron chi connectivity index (χ0n) is 20.4. The number of fused-ring (bicyclic) bond motifs is 1. The Morgan fingerprint density at radius 3 is 2.64 bits per heavy atom. The van der Waals surface area contributed by atoms with Crippen LogP contribution in [0.5, 0.6) is 5.75 Å². The van der Waals surface area contributed by atoms with Crippen LogP contribution in [0.2, 0.25) is 0 Å². The largest absolute Gasteiger partial charge is 0.494 e. The van der Waals surface area contributed by atoms with E-state index in [-0.39, 0.29) is 11.3 Å². The third-order valence-corrected chi connectivity index (χ3v) is 6.88. The van der Waals surface area contributed by atoms with Crippen molar-refractivity contribution in [2.45, 2.75) is 20.8 Å². The van der Waals surface area contributed by atoms with Crippen molar-refractivity contribution in [3.05, 3.63) is 87.4 Å².